The molecule has 0 heterocycles. The number of carbonyl (C=O) groups is 1. The summed E-state index contributed by atoms with van der Waals surface area (Å²) in [5.74, 6) is 0. The summed E-state index contributed by atoms with van der Waals surface area (Å²) in [5, 5.41) is 9.06. The summed E-state index contributed by atoms with van der Waals surface area (Å²) in [4.78, 5) is 10.8. The molecule has 90 valence electrons. The van der Waals surface area contributed by atoms with Crippen LogP contribution < -0.4 is 5.73 Å². The minimum absolute atomic E-state index is 0.0214. The van der Waals surface area contributed by atoms with Crippen LogP contribution in [0.3, 0.4) is 0 Å². The molecule has 3 nitrogen and oxygen atoms in total. The third kappa shape index (κ3) is 5.90. The van der Waals surface area contributed by atoms with E-state index in [1.807, 2.05) is 0 Å². The normalized spacial score (nSPS) is 16.1. The maximum Gasteiger partial charge on any atom is 0.142 e. The number of aldehydes is 1. The van der Waals surface area contributed by atoms with E-state index < -0.39 is 5.54 Å². The van der Waals surface area contributed by atoms with Crippen molar-refractivity contribution in [3.63, 3.8) is 0 Å². The molecule has 0 saturated carbocycles. The van der Waals surface area contributed by atoms with Gasteiger partial charge in [-0.2, -0.15) is 0 Å². The Balaban J connectivity index is 4.16. The van der Waals surface area contributed by atoms with E-state index >= 15 is 0 Å². The van der Waals surface area contributed by atoms with Gasteiger partial charge in [-0.15, -0.1) is 0 Å². The van der Waals surface area contributed by atoms with E-state index in [0.29, 0.717) is 12.7 Å². The first kappa shape index (κ1) is 14.6. The maximum atomic E-state index is 10.8. The maximum absolute atomic E-state index is 10.8. The Morgan fingerprint density at radius 3 is 2.33 bits per heavy atom. The van der Waals surface area contributed by atoms with Crippen LogP contribution in [0.25, 0.3) is 0 Å². The second kappa shape index (κ2) is 6.23. The zero-order chi connectivity index (χ0) is 11.9. The van der Waals surface area contributed by atoms with E-state index in [9.17, 15) is 4.79 Å². The lowest BCUT2D eigenvalue weighted by Gasteiger charge is -2.32. The Morgan fingerprint density at radius 2 is 1.93 bits per heavy atom. The molecule has 0 bridgehead atoms. The number of unbranched alkanes of at least 4 members (excludes halogenated alkanes) is 2. The molecule has 0 aliphatic rings. The Kier molecular flexibility index (Phi) is 6.06. The van der Waals surface area contributed by atoms with E-state index in [1.54, 1.807) is 0 Å². The van der Waals surface area contributed by atoms with E-state index in [0.717, 1.165) is 12.8 Å². The Bertz CT molecular complexity index is 192. The summed E-state index contributed by atoms with van der Waals surface area (Å²) < 4.78 is 0. The highest BCUT2D eigenvalue weighted by atomic mass is 16.3. The molecular weight excluding hydrogens is 190 g/mol. The van der Waals surface area contributed by atoms with Gasteiger partial charge in [-0.1, -0.05) is 40.0 Å². The number of hydrogen-bond donors (Lipinski definition) is 2. The lowest BCUT2D eigenvalue weighted by atomic mass is 9.76. The van der Waals surface area contributed by atoms with Gasteiger partial charge in [0.15, 0.2) is 0 Å². The number of carbonyl (C=O) groups excluding carboxylic acids is 1. The van der Waals surface area contributed by atoms with Crippen LogP contribution in [-0.4, -0.2) is 23.5 Å². The molecule has 0 rings (SSSR count). The molecule has 1 atom stereocenters. The molecule has 0 saturated heterocycles. The minimum Gasteiger partial charge on any atom is -0.394 e. The van der Waals surface area contributed by atoms with Gasteiger partial charge in [0.1, 0.15) is 6.29 Å². The van der Waals surface area contributed by atoms with Crippen LogP contribution >= 0.6 is 0 Å². The van der Waals surface area contributed by atoms with Crippen LogP contribution in [-0.2, 0) is 4.79 Å². The average Bonchev–Trinajstić information content (AvgIpc) is 2.17. The molecular formula is C12H25NO2. The van der Waals surface area contributed by atoms with Gasteiger partial charge in [-0.25, -0.2) is 0 Å². The van der Waals surface area contributed by atoms with Crippen molar-refractivity contribution in [2.24, 2.45) is 11.1 Å². The Morgan fingerprint density at radius 1 is 1.33 bits per heavy atom. The summed E-state index contributed by atoms with van der Waals surface area (Å²) in [7, 11) is 0. The second-order valence-corrected chi connectivity index (χ2v) is 5.31. The Labute approximate surface area is 93.0 Å². The van der Waals surface area contributed by atoms with Gasteiger partial charge in [0, 0.05) is 0 Å². The molecule has 0 aromatic rings. The van der Waals surface area contributed by atoms with Gasteiger partial charge in [-0.05, 0) is 18.3 Å². The molecule has 0 spiro atoms. The SMILES string of the molecule is CCCCCC(C)(C)CC(N)(C=O)CO. The van der Waals surface area contributed by atoms with Gasteiger partial charge >= 0.3 is 0 Å². The van der Waals surface area contributed by atoms with Crippen LogP contribution in [0.1, 0.15) is 52.9 Å². The lowest BCUT2D eigenvalue weighted by Crippen LogP contribution is -2.48. The third-order valence-electron chi connectivity index (χ3n) is 2.79. The summed E-state index contributed by atoms with van der Waals surface area (Å²) in [5.41, 5.74) is 4.73. The van der Waals surface area contributed by atoms with Crippen LogP contribution in [0.15, 0.2) is 0 Å². The highest BCUT2D eigenvalue weighted by Crippen LogP contribution is 2.31. The Hall–Kier alpha value is -0.410. The van der Waals surface area contributed by atoms with Crippen molar-refractivity contribution in [3.8, 4) is 0 Å². The van der Waals surface area contributed by atoms with Crippen LogP contribution in [0, 0.1) is 5.41 Å². The van der Waals surface area contributed by atoms with Crippen LogP contribution in [0.5, 0.6) is 0 Å². The summed E-state index contributed by atoms with van der Waals surface area (Å²) >= 11 is 0. The van der Waals surface area contributed by atoms with E-state index in [2.05, 4.69) is 20.8 Å². The van der Waals surface area contributed by atoms with Gasteiger partial charge in [0.2, 0.25) is 0 Å². The molecule has 0 aromatic carbocycles. The molecule has 3 N–H and O–H groups in total. The van der Waals surface area contributed by atoms with Crippen molar-refractivity contribution in [2.45, 2.75) is 58.4 Å². The monoisotopic (exact) mass is 215 g/mol. The largest absolute Gasteiger partial charge is 0.394 e. The van der Waals surface area contributed by atoms with Crippen LogP contribution in [0.2, 0.25) is 0 Å². The van der Waals surface area contributed by atoms with Gasteiger partial charge < -0.3 is 15.6 Å². The van der Waals surface area contributed by atoms with Gasteiger partial charge in [-0.3, -0.25) is 0 Å². The third-order valence-corrected chi connectivity index (χ3v) is 2.79. The zero-order valence-electron chi connectivity index (χ0n) is 10.3. The molecule has 1 unspecified atom stereocenters. The summed E-state index contributed by atoms with van der Waals surface area (Å²) in [6.45, 7) is 6.10. The topological polar surface area (TPSA) is 63.3 Å². The molecule has 0 radical (unpaired) electrons. The number of hydrogen-bond acceptors (Lipinski definition) is 3. The molecule has 15 heavy (non-hydrogen) atoms. The van der Waals surface area contributed by atoms with Crippen molar-refractivity contribution in [1.29, 1.82) is 0 Å². The van der Waals surface area contributed by atoms with E-state index in [-0.39, 0.29) is 12.0 Å². The van der Waals surface area contributed by atoms with Gasteiger partial charge in [0.25, 0.3) is 0 Å². The first-order chi connectivity index (χ1) is 6.89. The molecule has 0 amide bonds. The number of nitrogens with two attached hydrogens (primary N) is 1. The average molecular weight is 215 g/mol. The standard InChI is InChI=1S/C12H25NO2/c1-4-5-6-7-11(2,3)8-12(13,9-14)10-15/h9,15H,4-8,10,13H2,1-3H3. The van der Waals surface area contributed by atoms with E-state index in [1.165, 1.54) is 12.8 Å². The lowest BCUT2D eigenvalue weighted by molar-refractivity contribution is -0.114. The van der Waals surface area contributed by atoms with Gasteiger partial charge in [0.05, 0.1) is 12.1 Å². The molecule has 0 fully saturated rings. The summed E-state index contributed by atoms with van der Waals surface area (Å²) in [6.07, 6.45) is 5.83. The van der Waals surface area contributed by atoms with Crippen molar-refractivity contribution >= 4 is 6.29 Å². The van der Waals surface area contributed by atoms with Crippen molar-refractivity contribution < 1.29 is 9.90 Å². The number of rotatable bonds is 8. The predicted octanol–water partition coefficient (Wildman–Crippen LogP) is 1.87. The first-order valence-corrected chi connectivity index (χ1v) is 5.75. The molecule has 0 aliphatic heterocycles. The number of aliphatic hydroxyl groups excluding tert-OH is 1. The molecule has 0 aromatic heterocycles. The predicted molar refractivity (Wildman–Crippen MR) is 62.6 cm³/mol. The van der Waals surface area contributed by atoms with E-state index in [4.69, 9.17) is 10.8 Å². The number of aliphatic hydroxyl groups is 1. The van der Waals surface area contributed by atoms with Crippen LogP contribution in [0.4, 0.5) is 0 Å². The fourth-order valence-corrected chi connectivity index (χ4v) is 1.97. The zero-order valence-corrected chi connectivity index (χ0v) is 10.3. The fourth-order valence-electron chi connectivity index (χ4n) is 1.97. The molecule has 0 aliphatic carbocycles. The van der Waals surface area contributed by atoms with Crippen molar-refractivity contribution in [2.75, 3.05) is 6.61 Å². The van der Waals surface area contributed by atoms with Crippen molar-refractivity contribution in [3.05, 3.63) is 0 Å². The highest BCUT2D eigenvalue weighted by molar-refractivity contribution is 5.64. The fraction of sp³-hybridized carbons (Fsp3) is 0.917. The quantitative estimate of drug-likeness (QED) is 0.480. The minimum atomic E-state index is -1.06. The first-order valence-electron chi connectivity index (χ1n) is 5.75. The summed E-state index contributed by atoms with van der Waals surface area (Å²) in [6, 6.07) is 0. The van der Waals surface area contributed by atoms with Crippen molar-refractivity contribution in [1.82, 2.24) is 0 Å². The highest BCUT2D eigenvalue weighted by Gasteiger charge is 2.31. The second-order valence-electron chi connectivity index (χ2n) is 5.31. The smallest absolute Gasteiger partial charge is 0.142 e. The molecule has 3 heteroatoms.